The third-order valence-electron chi connectivity index (χ3n) is 2.77. The van der Waals surface area contributed by atoms with Crippen molar-refractivity contribution in [1.82, 2.24) is 0 Å². The third kappa shape index (κ3) is 1.30. The van der Waals surface area contributed by atoms with E-state index in [2.05, 4.69) is 0 Å². The van der Waals surface area contributed by atoms with Gasteiger partial charge in [0.15, 0.2) is 5.60 Å². The second-order valence-corrected chi connectivity index (χ2v) is 3.67. The lowest BCUT2D eigenvalue weighted by molar-refractivity contribution is -0.265. The Labute approximate surface area is 84.0 Å². The van der Waals surface area contributed by atoms with Crippen molar-refractivity contribution in [2.75, 3.05) is 0 Å². The number of phenolic OH excluding ortho intramolecular Hbond substituents is 1. The molecule has 2 N–H and O–H groups in total. The van der Waals surface area contributed by atoms with Gasteiger partial charge in [0.2, 0.25) is 0 Å². The summed E-state index contributed by atoms with van der Waals surface area (Å²) in [5.74, 6) is -0.496. The Morgan fingerprint density at radius 1 is 1.27 bits per heavy atom. The molecule has 0 saturated heterocycles. The summed E-state index contributed by atoms with van der Waals surface area (Å²) in [5.41, 5.74) is -2.93. The average Bonchev–Trinajstić information content (AvgIpc) is 2.45. The van der Waals surface area contributed by atoms with Crippen LogP contribution in [0.5, 0.6) is 5.75 Å². The van der Waals surface area contributed by atoms with Gasteiger partial charge in [-0.25, -0.2) is 0 Å². The van der Waals surface area contributed by atoms with Crippen LogP contribution in [0.1, 0.15) is 17.5 Å². The summed E-state index contributed by atoms with van der Waals surface area (Å²) in [4.78, 5) is 0. The van der Waals surface area contributed by atoms with E-state index in [4.69, 9.17) is 0 Å². The molecule has 2 nitrogen and oxygen atoms in total. The first-order valence-corrected chi connectivity index (χ1v) is 4.47. The van der Waals surface area contributed by atoms with E-state index < -0.39 is 29.5 Å². The maximum absolute atomic E-state index is 12.6. The highest BCUT2D eigenvalue weighted by molar-refractivity contribution is 5.47. The lowest BCUT2D eigenvalue weighted by Gasteiger charge is -2.27. The molecule has 0 radical (unpaired) electrons. The third-order valence-corrected chi connectivity index (χ3v) is 2.77. The second-order valence-electron chi connectivity index (χ2n) is 3.67. The smallest absolute Gasteiger partial charge is 0.421 e. The lowest BCUT2D eigenvalue weighted by atomic mass is 9.94. The number of hydrogen-bond acceptors (Lipinski definition) is 2. The number of hydrogen-bond donors (Lipinski definition) is 2. The summed E-state index contributed by atoms with van der Waals surface area (Å²) in [6.07, 6.45) is -5.06. The van der Waals surface area contributed by atoms with Crippen molar-refractivity contribution < 1.29 is 23.4 Å². The van der Waals surface area contributed by atoms with Crippen molar-refractivity contribution in [2.45, 2.75) is 24.6 Å². The van der Waals surface area contributed by atoms with Crippen LogP contribution >= 0.6 is 0 Å². The summed E-state index contributed by atoms with van der Waals surface area (Å²) in [5, 5.41) is 18.9. The highest BCUT2D eigenvalue weighted by Crippen LogP contribution is 2.50. The topological polar surface area (TPSA) is 40.5 Å². The van der Waals surface area contributed by atoms with Crippen LogP contribution in [0.3, 0.4) is 0 Å². The number of phenols is 1. The molecular formula is C10H9F3O2. The molecule has 1 unspecified atom stereocenters. The predicted octanol–water partition coefficient (Wildman–Crippen LogP) is 2.09. The Hall–Kier alpha value is -1.23. The second kappa shape index (κ2) is 2.88. The summed E-state index contributed by atoms with van der Waals surface area (Å²) in [7, 11) is 0. The SMILES string of the molecule is Oc1cccc2c1C(O)(C(F)(F)F)CC2. The van der Waals surface area contributed by atoms with Crippen molar-refractivity contribution in [3.8, 4) is 5.75 Å². The van der Waals surface area contributed by atoms with Gasteiger partial charge in [-0.15, -0.1) is 0 Å². The highest BCUT2D eigenvalue weighted by atomic mass is 19.4. The van der Waals surface area contributed by atoms with Gasteiger partial charge >= 0.3 is 6.18 Å². The number of rotatable bonds is 0. The minimum Gasteiger partial charge on any atom is -0.508 e. The predicted molar refractivity (Wildman–Crippen MR) is 46.4 cm³/mol. The van der Waals surface area contributed by atoms with E-state index in [1.807, 2.05) is 0 Å². The van der Waals surface area contributed by atoms with Crippen molar-refractivity contribution in [3.63, 3.8) is 0 Å². The van der Waals surface area contributed by atoms with Gasteiger partial charge in [0, 0.05) is 5.56 Å². The first-order chi connectivity index (χ1) is 6.86. The van der Waals surface area contributed by atoms with E-state index in [0.29, 0.717) is 5.56 Å². The number of fused-ring (bicyclic) bond motifs is 1. The van der Waals surface area contributed by atoms with Crippen LogP contribution in [0.15, 0.2) is 18.2 Å². The molecule has 0 saturated carbocycles. The van der Waals surface area contributed by atoms with Crippen molar-refractivity contribution in [1.29, 1.82) is 0 Å². The molecule has 1 atom stereocenters. The number of aryl methyl sites for hydroxylation is 1. The van der Waals surface area contributed by atoms with Gasteiger partial charge in [0.05, 0.1) is 0 Å². The van der Waals surface area contributed by atoms with Gasteiger partial charge in [-0.2, -0.15) is 13.2 Å². The summed E-state index contributed by atoms with van der Waals surface area (Å²) < 4.78 is 37.9. The quantitative estimate of drug-likeness (QED) is 0.700. The first kappa shape index (κ1) is 10.3. The van der Waals surface area contributed by atoms with E-state index in [1.54, 1.807) is 0 Å². The molecule has 0 aromatic heterocycles. The molecule has 82 valence electrons. The fraction of sp³-hybridized carbons (Fsp3) is 0.400. The van der Waals surface area contributed by atoms with Crippen LogP contribution in [-0.4, -0.2) is 16.4 Å². The molecule has 1 aromatic carbocycles. The molecule has 5 heteroatoms. The molecule has 15 heavy (non-hydrogen) atoms. The monoisotopic (exact) mass is 218 g/mol. The largest absolute Gasteiger partial charge is 0.508 e. The normalized spacial score (nSPS) is 25.3. The molecular weight excluding hydrogens is 209 g/mol. The van der Waals surface area contributed by atoms with E-state index in [0.717, 1.165) is 6.07 Å². The molecule has 0 fully saturated rings. The van der Waals surface area contributed by atoms with E-state index >= 15 is 0 Å². The Morgan fingerprint density at radius 2 is 1.93 bits per heavy atom. The van der Waals surface area contributed by atoms with Gasteiger partial charge in [-0.05, 0) is 24.5 Å². The van der Waals surface area contributed by atoms with Gasteiger partial charge in [-0.3, -0.25) is 0 Å². The van der Waals surface area contributed by atoms with Crippen LogP contribution in [0.2, 0.25) is 0 Å². The molecule has 0 amide bonds. The minimum atomic E-state index is -4.75. The van der Waals surface area contributed by atoms with Gasteiger partial charge in [0.25, 0.3) is 0 Å². The zero-order valence-electron chi connectivity index (χ0n) is 7.67. The highest BCUT2D eigenvalue weighted by Gasteiger charge is 2.58. The maximum atomic E-state index is 12.6. The lowest BCUT2D eigenvalue weighted by Crippen LogP contribution is -2.40. The molecule has 0 heterocycles. The van der Waals surface area contributed by atoms with E-state index in [1.165, 1.54) is 12.1 Å². The molecule has 0 spiro atoms. The molecule has 0 aliphatic heterocycles. The summed E-state index contributed by atoms with van der Waals surface area (Å²) in [6, 6.07) is 4.11. The zero-order valence-corrected chi connectivity index (χ0v) is 7.67. The van der Waals surface area contributed by atoms with Crippen molar-refractivity contribution >= 4 is 0 Å². The fourth-order valence-electron chi connectivity index (χ4n) is 2.00. The van der Waals surface area contributed by atoms with Crippen LogP contribution in [0, 0.1) is 0 Å². The Balaban J connectivity index is 2.62. The van der Waals surface area contributed by atoms with Gasteiger partial charge < -0.3 is 10.2 Å². The number of aromatic hydroxyl groups is 1. The number of benzene rings is 1. The molecule has 1 aromatic rings. The number of alkyl halides is 3. The van der Waals surface area contributed by atoms with Crippen LogP contribution in [0.4, 0.5) is 13.2 Å². The van der Waals surface area contributed by atoms with Crippen LogP contribution in [-0.2, 0) is 12.0 Å². The fourth-order valence-corrected chi connectivity index (χ4v) is 2.00. The molecule has 1 aliphatic rings. The summed E-state index contributed by atoms with van der Waals surface area (Å²) in [6.45, 7) is 0. The van der Waals surface area contributed by atoms with Crippen molar-refractivity contribution in [3.05, 3.63) is 29.3 Å². The first-order valence-electron chi connectivity index (χ1n) is 4.47. The molecule has 2 rings (SSSR count). The number of aliphatic hydroxyl groups is 1. The van der Waals surface area contributed by atoms with E-state index in [-0.39, 0.29) is 6.42 Å². The maximum Gasteiger partial charge on any atom is 0.421 e. The number of halogens is 3. The van der Waals surface area contributed by atoms with Crippen LogP contribution in [0.25, 0.3) is 0 Å². The minimum absolute atomic E-state index is 0.125. The van der Waals surface area contributed by atoms with Gasteiger partial charge in [0.1, 0.15) is 5.75 Å². The Kier molecular flexibility index (Phi) is 1.98. The molecule has 0 bridgehead atoms. The van der Waals surface area contributed by atoms with E-state index in [9.17, 15) is 23.4 Å². The summed E-state index contributed by atoms with van der Waals surface area (Å²) >= 11 is 0. The Morgan fingerprint density at radius 3 is 2.53 bits per heavy atom. The van der Waals surface area contributed by atoms with Gasteiger partial charge in [-0.1, -0.05) is 12.1 Å². The standard InChI is InChI=1S/C10H9F3O2/c11-10(12,13)9(15)5-4-6-2-1-3-7(14)8(6)9/h1-3,14-15H,4-5H2. The molecule has 1 aliphatic carbocycles. The zero-order chi connectivity index (χ0) is 11.3. The van der Waals surface area contributed by atoms with Crippen molar-refractivity contribution in [2.24, 2.45) is 0 Å². The average molecular weight is 218 g/mol. The van der Waals surface area contributed by atoms with Crippen LogP contribution < -0.4 is 0 Å². The Bertz CT molecular complexity index is 400.